The van der Waals surface area contributed by atoms with Crippen LogP contribution >= 0.6 is 27.5 Å². The fraction of sp³-hybridized carbons (Fsp3) is 0.143. The molecule has 0 saturated carbocycles. The van der Waals surface area contributed by atoms with E-state index in [-0.39, 0.29) is 13.2 Å². The molecule has 0 bridgehead atoms. The number of rotatable bonds is 5. The minimum Gasteiger partial charge on any atom is -0.489 e. The highest BCUT2D eigenvalue weighted by Gasteiger charge is 2.18. The Kier molecular flexibility index (Phi) is 4.98. The maximum Gasteiger partial charge on any atom is 0.165 e. The van der Waals surface area contributed by atoms with Crippen LogP contribution in [0.5, 0.6) is 5.75 Å². The quantitative estimate of drug-likeness (QED) is 0.373. The lowest BCUT2D eigenvalue weighted by atomic mass is 10.1. The molecular weight excluding hydrogens is 470 g/mol. The third-order valence-electron chi connectivity index (χ3n) is 4.75. The zero-order valence-corrected chi connectivity index (χ0v) is 17.9. The van der Waals surface area contributed by atoms with E-state index in [0.717, 1.165) is 26.3 Å². The number of aliphatic hydroxyl groups excluding tert-OH is 1. The summed E-state index contributed by atoms with van der Waals surface area (Å²) >= 11 is 10.3. The number of nitrogens with zero attached hydrogens (tertiary/aromatic N) is 5. The van der Waals surface area contributed by atoms with Crippen LogP contribution in [0.3, 0.4) is 0 Å². The Labute approximate surface area is 184 Å². The molecule has 5 aromatic rings. The van der Waals surface area contributed by atoms with Crippen molar-refractivity contribution in [3.8, 4) is 5.75 Å². The van der Waals surface area contributed by atoms with E-state index >= 15 is 0 Å². The van der Waals surface area contributed by atoms with Crippen LogP contribution in [0.25, 0.3) is 32.8 Å². The summed E-state index contributed by atoms with van der Waals surface area (Å²) in [7, 11) is 0. The van der Waals surface area contributed by atoms with Crippen LogP contribution in [0.4, 0.5) is 0 Å². The minimum absolute atomic E-state index is 0.0532. The van der Waals surface area contributed by atoms with Crippen molar-refractivity contribution < 1.29 is 9.84 Å². The molecule has 1 unspecified atom stereocenters. The van der Waals surface area contributed by atoms with Gasteiger partial charge in [0.25, 0.3) is 0 Å². The van der Waals surface area contributed by atoms with Crippen molar-refractivity contribution >= 4 is 60.4 Å². The first-order chi connectivity index (χ1) is 14.6. The van der Waals surface area contributed by atoms with Crippen LogP contribution in [-0.2, 0) is 6.54 Å². The first-order valence-electron chi connectivity index (χ1n) is 9.20. The second-order valence-corrected chi connectivity index (χ2v) is 8.12. The van der Waals surface area contributed by atoms with Crippen LogP contribution in [0.15, 0.2) is 59.6 Å². The van der Waals surface area contributed by atoms with E-state index < -0.39 is 6.10 Å². The number of para-hydroxylation sites is 1. The maximum absolute atomic E-state index is 10.4. The molecule has 1 N–H and O–H groups in total. The van der Waals surface area contributed by atoms with Crippen LogP contribution in [-0.4, -0.2) is 42.5 Å². The van der Waals surface area contributed by atoms with Gasteiger partial charge < -0.3 is 9.84 Å². The molecule has 2 aromatic carbocycles. The first-order valence-corrected chi connectivity index (χ1v) is 10.4. The average Bonchev–Trinajstić information content (AvgIpc) is 3.24. The lowest BCUT2D eigenvalue weighted by molar-refractivity contribution is 0.0906. The molecule has 0 fully saturated rings. The molecular formula is C21H15BrClN5O2. The van der Waals surface area contributed by atoms with Gasteiger partial charge >= 0.3 is 0 Å². The standard InChI is InChI=1S/C21H15BrClN5O2/c22-12-5-6-14-17(7-12)27-21-18(19(14)23)20(15-3-1-2-4-16(15)26-21)30-9-13(29)8-28-11-24-10-25-28/h1-7,10-11,13,29H,8-9H2. The number of aliphatic hydroxyl groups is 1. The molecule has 0 aliphatic rings. The molecule has 1 atom stereocenters. The summed E-state index contributed by atoms with van der Waals surface area (Å²) in [6.45, 7) is 0.321. The Morgan fingerprint density at radius 3 is 2.77 bits per heavy atom. The van der Waals surface area contributed by atoms with Gasteiger partial charge in [-0.25, -0.2) is 15.0 Å². The molecule has 7 nitrogen and oxygen atoms in total. The SMILES string of the molecule is OC(COc1c2ccccc2nc2nc3cc(Br)ccc3c(Cl)c12)Cn1cncn1. The summed E-state index contributed by atoms with van der Waals surface area (Å²) in [4.78, 5) is 13.3. The number of pyridine rings is 2. The molecule has 3 aromatic heterocycles. The van der Waals surface area contributed by atoms with Crippen molar-refractivity contribution in [1.29, 1.82) is 0 Å². The Balaban J connectivity index is 1.64. The molecule has 0 aliphatic carbocycles. The summed E-state index contributed by atoms with van der Waals surface area (Å²) in [5.74, 6) is 0.551. The minimum atomic E-state index is -0.781. The zero-order chi connectivity index (χ0) is 20.7. The normalized spacial score (nSPS) is 12.6. The van der Waals surface area contributed by atoms with E-state index in [0.29, 0.717) is 21.8 Å². The number of fused-ring (bicyclic) bond motifs is 3. The van der Waals surface area contributed by atoms with Gasteiger partial charge in [-0.1, -0.05) is 45.7 Å². The van der Waals surface area contributed by atoms with Gasteiger partial charge in [0, 0.05) is 15.2 Å². The van der Waals surface area contributed by atoms with E-state index in [9.17, 15) is 5.11 Å². The first kappa shape index (κ1) is 19.2. The number of ether oxygens (including phenoxy) is 1. The molecule has 5 rings (SSSR count). The highest BCUT2D eigenvalue weighted by atomic mass is 79.9. The highest BCUT2D eigenvalue weighted by Crippen LogP contribution is 2.40. The van der Waals surface area contributed by atoms with Crippen LogP contribution in [0.1, 0.15) is 0 Å². The van der Waals surface area contributed by atoms with Crippen molar-refractivity contribution in [3.63, 3.8) is 0 Å². The monoisotopic (exact) mass is 483 g/mol. The van der Waals surface area contributed by atoms with Crippen LogP contribution < -0.4 is 4.74 Å². The summed E-state index contributed by atoms with van der Waals surface area (Å²) in [6, 6.07) is 13.4. The van der Waals surface area contributed by atoms with E-state index in [1.807, 2.05) is 42.5 Å². The van der Waals surface area contributed by atoms with Crippen molar-refractivity contribution in [3.05, 3.63) is 64.6 Å². The van der Waals surface area contributed by atoms with Gasteiger partial charge in [-0.05, 0) is 24.3 Å². The third kappa shape index (κ3) is 3.47. The van der Waals surface area contributed by atoms with E-state index in [2.05, 4.69) is 26.0 Å². The molecule has 9 heteroatoms. The maximum atomic E-state index is 10.4. The van der Waals surface area contributed by atoms with Crippen molar-refractivity contribution in [1.82, 2.24) is 24.7 Å². The summed E-state index contributed by atoms with van der Waals surface area (Å²) in [6.07, 6.45) is 2.19. The smallest absolute Gasteiger partial charge is 0.165 e. The van der Waals surface area contributed by atoms with Crippen molar-refractivity contribution in [2.45, 2.75) is 12.6 Å². The summed E-state index contributed by atoms with van der Waals surface area (Å²) < 4.78 is 8.57. The van der Waals surface area contributed by atoms with Gasteiger partial charge in [0.15, 0.2) is 5.65 Å². The van der Waals surface area contributed by atoms with Crippen LogP contribution in [0.2, 0.25) is 5.02 Å². The topological polar surface area (TPSA) is 86.0 Å². The molecule has 0 aliphatic heterocycles. The van der Waals surface area contributed by atoms with Crippen molar-refractivity contribution in [2.24, 2.45) is 0 Å². The molecule has 150 valence electrons. The Morgan fingerprint density at radius 2 is 1.93 bits per heavy atom. The predicted molar refractivity (Wildman–Crippen MR) is 119 cm³/mol. The second kappa shape index (κ2) is 7.79. The lowest BCUT2D eigenvalue weighted by Crippen LogP contribution is -2.24. The van der Waals surface area contributed by atoms with Gasteiger partial charge in [-0.15, -0.1) is 0 Å². The largest absolute Gasteiger partial charge is 0.489 e. The van der Waals surface area contributed by atoms with Gasteiger partial charge in [-0.2, -0.15) is 5.10 Å². The van der Waals surface area contributed by atoms with Gasteiger partial charge in [0.05, 0.1) is 28.0 Å². The van der Waals surface area contributed by atoms with E-state index in [4.69, 9.17) is 26.3 Å². The number of aromatic nitrogens is 5. The van der Waals surface area contributed by atoms with E-state index in [1.165, 1.54) is 6.33 Å². The van der Waals surface area contributed by atoms with Gasteiger partial charge in [0.1, 0.15) is 31.1 Å². The highest BCUT2D eigenvalue weighted by molar-refractivity contribution is 9.10. The van der Waals surface area contributed by atoms with E-state index in [1.54, 1.807) is 11.0 Å². The molecule has 0 amide bonds. The van der Waals surface area contributed by atoms with Gasteiger partial charge in [0.2, 0.25) is 0 Å². The van der Waals surface area contributed by atoms with Crippen molar-refractivity contribution in [2.75, 3.05) is 6.61 Å². The fourth-order valence-corrected chi connectivity index (χ4v) is 4.08. The third-order valence-corrected chi connectivity index (χ3v) is 5.64. The zero-order valence-electron chi connectivity index (χ0n) is 15.5. The summed E-state index contributed by atoms with van der Waals surface area (Å²) in [5.41, 5.74) is 1.97. The lowest BCUT2D eigenvalue weighted by Gasteiger charge is -2.17. The molecule has 0 saturated heterocycles. The Morgan fingerprint density at radius 1 is 1.10 bits per heavy atom. The Hall–Kier alpha value is -2.81. The van der Waals surface area contributed by atoms with Crippen LogP contribution in [0, 0.1) is 0 Å². The number of hydrogen-bond donors (Lipinski definition) is 1. The molecule has 0 spiro atoms. The number of halogens is 2. The predicted octanol–water partition coefficient (Wildman–Crippen LogP) is 4.38. The number of benzene rings is 2. The number of hydrogen-bond acceptors (Lipinski definition) is 6. The summed E-state index contributed by atoms with van der Waals surface area (Å²) in [5, 5.41) is 17.2. The second-order valence-electron chi connectivity index (χ2n) is 6.83. The molecule has 0 radical (unpaired) electrons. The average molecular weight is 485 g/mol. The van der Waals surface area contributed by atoms with Gasteiger partial charge in [-0.3, -0.25) is 4.68 Å². The molecule has 30 heavy (non-hydrogen) atoms. The Bertz CT molecular complexity index is 1380. The molecule has 3 heterocycles. The fourth-order valence-electron chi connectivity index (χ4n) is 3.40.